The quantitative estimate of drug-likeness (QED) is 0.768. The fourth-order valence-corrected chi connectivity index (χ4v) is 2.61. The van der Waals surface area contributed by atoms with Crippen molar-refractivity contribution >= 4 is 17.7 Å². The Balaban J connectivity index is 2.15. The van der Waals surface area contributed by atoms with Gasteiger partial charge in [-0.05, 0) is 32.4 Å². The molecule has 1 aromatic rings. The van der Waals surface area contributed by atoms with Gasteiger partial charge >= 0.3 is 6.09 Å². The van der Waals surface area contributed by atoms with Crippen molar-refractivity contribution in [1.29, 1.82) is 0 Å². The third-order valence-electron chi connectivity index (χ3n) is 3.33. The van der Waals surface area contributed by atoms with E-state index in [-0.39, 0.29) is 24.3 Å². The van der Waals surface area contributed by atoms with Crippen LogP contribution < -0.4 is 0 Å². The molecule has 0 spiro atoms. The SMILES string of the molecule is CN(CC1OCC(Cl)c2cccc(F)c21)C(=O)OC(C)(C)C. The largest absolute Gasteiger partial charge is 0.444 e. The van der Waals surface area contributed by atoms with E-state index in [4.69, 9.17) is 21.1 Å². The summed E-state index contributed by atoms with van der Waals surface area (Å²) in [4.78, 5) is 13.4. The van der Waals surface area contributed by atoms with E-state index in [1.807, 2.05) is 0 Å². The van der Waals surface area contributed by atoms with Gasteiger partial charge in [0.2, 0.25) is 0 Å². The highest BCUT2D eigenvalue weighted by molar-refractivity contribution is 6.21. The van der Waals surface area contributed by atoms with Crippen LogP contribution in [0.1, 0.15) is 43.4 Å². The maximum Gasteiger partial charge on any atom is 0.410 e. The molecule has 0 fully saturated rings. The van der Waals surface area contributed by atoms with Gasteiger partial charge in [0.15, 0.2) is 0 Å². The number of alkyl halides is 1. The first-order valence-corrected chi connectivity index (χ1v) is 7.61. The molecular weight excluding hydrogens is 309 g/mol. The van der Waals surface area contributed by atoms with Crippen molar-refractivity contribution in [2.45, 2.75) is 37.9 Å². The molecule has 4 nitrogen and oxygen atoms in total. The van der Waals surface area contributed by atoms with Crippen LogP contribution in [-0.4, -0.2) is 36.8 Å². The van der Waals surface area contributed by atoms with E-state index >= 15 is 0 Å². The number of halogens is 2. The molecule has 22 heavy (non-hydrogen) atoms. The van der Waals surface area contributed by atoms with Gasteiger partial charge in [-0.2, -0.15) is 0 Å². The third kappa shape index (κ3) is 3.90. The summed E-state index contributed by atoms with van der Waals surface area (Å²) in [6, 6.07) is 4.79. The van der Waals surface area contributed by atoms with E-state index in [9.17, 15) is 9.18 Å². The van der Waals surface area contributed by atoms with Gasteiger partial charge in [-0.3, -0.25) is 0 Å². The number of fused-ring (bicyclic) bond motifs is 1. The highest BCUT2D eigenvalue weighted by Gasteiger charge is 2.32. The van der Waals surface area contributed by atoms with Crippen LogP contribution in [0.2, 0.25) is 0 Å². The molecule has 0 aliphatic carbocycles. The summed E-state index contributed by atoms with van der Waals surface area (Å²) in [6.07, 6.45) is -1.02. The summed E-state index contributed by atoms with van der Waals surface area (Å²) in [7, 11) is 1.60. The number of nitrogens with zero attached hydrogens (tertiary/aromatic N) is 1. The molecular formula is C16H21ClFNO3. The zero-order chi connectivity index (χ0) is 16.5. The first kappa shape index (κ1) is 17.0. The van der Waals surface area contributed by atoms with Gasteiger partial charge in [-0.15, -0.1) is 11.6 Å². The zero-order valence-corrected chi connectivity index (χ0v) is 14.0. The van der Waals surface area contributed by atoms with Gasteiger partial charge in [0.05, 0.1) is 18.5 Å². The average molecular weight is 330 g/mol. The number of rotatable bonds is 2. The predicted octanol–water partition coefficient (Wildman–Crippen LogP) is 4.04. The van der Waals surface area contributed by atoms with Gasteiger partial charge in [-0.25, -0.2) is 9.18 Å². The van der Waals surface area contributed by atoms with Gasteiger partial charge in [-0.1, -0.05) is 12.1 Å². The average Bonchev–Trinajstić information content (AvgIpc) is 2.40. The Morgan fingerprint density at radius 1 is 1.50 bits per heavy atom. The lowest BCUT2D eigenvalue weighted by molar-refractivity contribution is -0.00405. The Labute approximate surface area is 135 Å². The molecule has 1 aliphatic rings. The van der Waals surface area contributed by atoms with Crippen LogP contribution in [0.25, 0.3) is 0 Å². The minimum absolute atomic E-state index is 0.201. The van der Waals surface area contributed by atoms with Crippen molar-refractivity contribution in [3.63, 3.8) is 0 Å². The van der Waals surface area contributed by atoms with E-state index in [0.29, 0.717) is 5.56 Å². The van der Waals surface area contributed by atoms with E-state index in [1.165, 1.54) is 11.0 Å². The molecule has 122 valence electrons. The Kier molecular flexibility index (Phi) is 4.97. The van der Waals surface area contributed by atoms with Crippen LogP contribution in [0, 0.1) is 5.82 Å². The third-order valence-corrected chi connectivity index (χ3v) is 3.70. The van der Waals surface area contributed by atoms with Crippen molar-refractivity contribution in [1.82, 2.24) is 4.90 Å². The number of likely N-dealkylation sites (N-methyl/N-ethyl adjacent to an activating group) is 1. The molecule has 0 saturated heterocycles. The summed E-state index contributed by atoms with van der Waals surface area (Å²) >= 11 is 6.17. The summed E-state index contributed by atoms with van der Waals surface area (Å²) < 4.78 is 25.1. The molecule has 1 aromatic carbocycles. The summed E-state index contributed by atoms with van der Waals surface area (Å²) in [5.74, 6) is -0.370. The van der Waals surface area contributed by atoms with Crippen LogP contribution in [-0.2, 0) is 9.47 Å². The second-order valence-corrected chi connectivity index (χ2v) is 6.92. The van der Waals surface area contributed by atoms with E-state index in [2.05, 4.69) is 0 Å². The normalized spacial score (nSPS) is 21.2. The lowest BCUT2D eigenvalue weighted by Crippen LogP contribution is -2.38. The van der Waals surface area contributed by atoms with E-state index < -0.39 is 17.8 Å². The second-order valence-electron chi connectivity index (χ2n) is 6.39. The van der Waals surface area contributed by atoms with Crippen LogP contribution >= 0.6 is 11.6 Å². The van der Waals surface area contributed by atoms with Crippen LogP contribution in [0.3, 0.4) is 0 Å². The Morgan fingerprint density at radius 3 is 2.82 bits per heavy atom. The lowest BCUT2D eigenvalue weighted by Gasteiger charge is -2.32. The standard InChI is InChI=1S/C16H21ClFNO3/c1-16(2,3)22-15(20)19(4)8-13-14-10(11(17)9-21-13)6-5-7-12(14)18/h5-7,11,13H,8-9H2,1-4H3. The molecule has 1 heterocycles. The van der Waals surface area contributed by atoms with Gasteiger partial charge in [0.1, 0.15) is 17.5 Å². The van der Waals surface area contributed by atoms with Crippen molar-refractivity contribution in [2.75, 3.05) is 20.2 Å². The van der Waals surface area contributed by atoms with Crippen LogP contribution in [0.5, 0.6) is 0 Å². The highest BCUT2D eigenvalue weighted by Crippen LogP contribution is 2.37. The number of ether oxygens (including phenoxy) is 2. The van der Waals surface area contributed by atoms with Crippen molar-refractivity contribution in [3.8, 4) is 0 Å². The molecule has 2 atom stereocenters. The topological polar surface area (TPSA) is 38.8 Å². The molecule has 2 unspecified atom stereocenters. The molecule has 1 aliphatic heterocycles. The summed E-state index contributed by atoms with van der Waals surface area (Å²) in [5.41, 5.74) is 0.558. The smallest absolute Gasteiger partial charge is 0.410 e. The van der Waals surface area contributed by atoms with Gasteiger partial charge < -0.3 is 14.4 Å². The van der Waals surface area contributed by atoms with Crippen molar-refractivity contribution < 1.29 is 18.7 Å². The predicted molar refractivity (Wildman–Crippen MR) is 82.6 cm³/mol. The number of amides is 1. The van der Waals surface area contributed by atoms with Crippen LogP contribution in [0.4, 0.5) is 9.18 Å². The van der Waals surface area contributed by atoms with E-state index in [0.717, 1.165) is 5.56 Å². The number of hydrogen-bond donors (Lipinski definition) is 0. The summed E-state index contributed by atoms with van der Waals surface area (Å²) in [5, 5.41) is -0.381. The highest BCUT2D eigenvalue weighted by atomic mass is 35.5. The Hall–Kier alpha value is -1.33. The molecule has 0 saturated carbocycles. The van der Waals surface area contributed by atoms with Crippen molar-refractivity contribution in [2.24, 2.45) is 0 Å². The van der Waals surface area contributed by atoms with Crippen molar-refractivity contribution in [3.05, 3.63) is 35.1 Å². The fourth-order valence-electron chi connectivity index (χ4n) is 2.35. The second kappa shape index (κ2) is 6.42. The number of carbonyl (C=O) groups excluding carboxylic acids is 1. The molecule has 0 N–H and O–H groups in total. The zero-order valence-electron chi connectivity index (χ0n) is 13.2. The minimum atomic E-state index is -0.580. The maximum absolute atomic E-state index is 14.1. The Morgan fingerprint density at radius 2 is 2.18 bits per heavy atom. The molecule has 2 rings (SSSR count). The Bertz CT molecular complexity index is 559. The number of benzene rings is 1. The molecule has 0 bridgehead atoms. The molecule has 0 aromatic heterocycles. The molecule has 1 amide bonds. The number of carbonyl (C=O) groups is 1. The van der Waals surface area contributed by atoms with E-state index in [1.54, 1.807) is 40.0 Å². The first-order valence-electron chi connectivity index (χ1n) is 7.17. The molecule has 6 heteroatoms. The van der Waals surface area contributed by atoms with Gasteiger partial charge in [0.25, 0.3) is 0 Å². The minimum Gasteiger partial charge on any atom is -0.444 e. The van der Waals surface area contributed by atoms with Gasteiger partial charge in [0, 0.05) is 12.6 Å². The molecule has 0 radical (unpaired) electrons. The maximum atomic E-state index is 14.1. The monoisotopic (exact) mass is 329 g/mol. The number of hydrogen-bond acceptors (Lipinski definition) is 3. The van der Waals surface area contributed by atoms with Crippen LogP contribution in [0.15, 0.2) is 18.2 Å². The lowest BCUT2D eigenvalue weighted by atomic mass is 9.96. The fraction of sp³-hybridized carbons (Fsp3) is 0.562. The first-order chi connectivity index (χ1) is 10.2. The summed E-state index contributed by atoms with van der Waals surface area (Å²) in [6.45, 7) is 5.87.